The molecule has 104 valence electrons. The Hall–Kier alpha value is -2.28. The number of hydrogen-bond acceptors (Lipinski definition) is 5. The van der Waals surface area contributed by atoms with Crippen molar-refractivity contribution in [2.75, 3.05) is 26.8 Å². The van der Waals surface area contributed by atoms with Gasteiger partial charge in [0.2, 0.25) is 0 Å². The number of methoxy groups -OCH3 is 1. The maximum Gasteiger partial charge on any atom is 0.341 e. The molecule has 0 aliphatic heterocycles. The number of benzene rings is 1. The first-order valence-electron chi connectivity index (χ1n) is 5.59. The van der Waals surface area contributed by atoms with Gasteiger partial charge in [0.1, 0.15) is 11.5 Å². The first-order valence-corrected chi connectivity index (χ1v) is 5.59. The average Bonchev–Trinajstić information content (AvgIpc) is 2.42. The number of carbonyl (C=O) groups is 2. The van der Waals surface area contributed by atoms with Crippen molar-refractivity contribution in [2.45, 2.75) is 0 Å². The van der Waals surface area contributed by atoms with Crippen molar-refractivity contribution in [3.63, 3.8) is 0 Å². The van der Waals surface area contributed by atoms with Gasteiger partial charge in [-0.25, -0.2) is 4.79 Å². The van der Waals surface area contributed by atoms with Gasteiger partial charge in [-0.05, 0) is 12.1 Å². The number of aliphatic carboxylic acids is 1. The molecule has 4 N–H and O–H groups in total. The Morgan fingerprint density at radius 1 is 1.42 bits per heavy atom. The molecule has 0 aromatic heterocycles. The summed E-state index contributed by atoms with van der Waals surface area (Å²) in [5.41, 5.74) is 5.63. The van der Waals surface area contributed by atoms with Crippen molar-refractivity contribution in [1.82, 2.24) is 5.32 Å². The lowest BCUT2D eigenvalue weighted by Crippen LogP contribution is -2.29. The smallest absolute Gasteiger partial charge is 0.341 e. The van der Waals surface area contributed by atoms with E-state index in [2.05, 4.69) is 5.32 Å². The number of nitrogens with two attached hydrogens (primary N) is 1. The summed E-state index contributed by atoms with van der Waals surface area (Å²) in [6, 6.07) is 4.46. The predicted octanol–water partition coefficient (Wildman–Crippen LogP) is -0.153. The quantitative estimate of drug-likeness (QED) is 0.634. The first-order chi connectivity index (χ1) is 9.08. The van der Waals surface area contributed by atoms with Crippen molar-refractivity contribution in [2.24, 2.45) is 5.73 Å². The maximum atomic E-state index is 11.8. The normalized spacial score (nSPS) is 9.79. The molecule has 0 aliphatic rings. The number of nitrogens with one attached hydrogen (secondary N) is 1. The molecule has 0 unspecified atom stereocenters. The summed E-state index contributed by atoms with van der Waals surface area (Å²) in [7, 11) is 1.41. The fourth-order valence-electron chi connectivity index (χ4n) is 1.37. The summed E-state index contributed by atoms with van der Waals surface area (Å²) in [6.07, 6.45) is 0. The highest BCUT2D eigenvalue weighted by Gasteiger charge is 2.13. The van der Waals surface area contributed by atoms with Crippen LogP contribution in [0.25, 0.3) is 0 Å². The van der Waals surface area contributed by atoms with Gasteiger partial charge in [-0.3, -0.25) is 4.79 Å². The van der Waals surface area contributed by atoms with Crippen LogP contribution >= 0.6 is 0 Å². The van der Waals surface area contributed by atoms with Gasteiger partial charge >= 0.3 is 5.97 Å². The summed E-state index contributed by atoms with van der Waals surface area (Å²) in [6.45, 7) is 0.245. The number of hydrogen-bond donors (Lipinski definition) is 3. The Kier molecular flexibility index (Phi) is 5.62. The highest BCUT2D eigenvalue weighted by Crippen LogP contribution is 2.24. The molecule has 19 heavy (non-hydrogen) atoms. The summed E-state index contributed by atoms with van der Waals surface area (Å²) >= 11 is 0. The Labute approximate surface area is 110 Å². The monoisotopic (exact) mass is 268 g/mol. The topological polar surface area (TPSA) is 111 Å². The number of amides is 1. The Bertz CT molecular complexity index is 461. The van der Waals surface area contributed by atoms with Crippen LogP contribution in [0.15, 0.2) is 18.2 Å². The van der Waals surface area contributed by atoms with Gasteiger partial charge in [0.05, 0.1) is 12.7 Å². The molecule has 0 radical (unpaired) electrons. The van der Waals surface area contributed by atoms with Crippen LogP contribution in [0.1, 0.15) is 10.4 Å². The van der Waals surface area contributed by atoms with Crippen molar-refractivity contribution < 1.29 is 24.2 Å². The number of ether oxygens (including phenoxy) is 2. The molecular weight excluding hydrogens is 252 g/mol. The van der Waals surface area contributed by atoms with Crippen molar-refractivity contribution >= 4 is 11.9 Å². The zero-order chi connectivity index (χ0) is 14.3. The second-order valence-electron chi connectivity index (χ2n) is 3.59. The number of carboxylic acid groups (broad SMARTS) is 1. The molecular formula is C12H16N2O5. The van der Waals surface area contributed by atoms with E-state index in [0.29, 0.717) is 30.2 Å². The van der Waals surface area contributed by atoms with Crippen LogP contribution in [0.5, 0.6) is 11.5 Å². The number of carbonyl (C=O) groups excluding carboxylic acids is 1. The zero-order valence-electron chi connectivity index (χ0n) is 10.5. The molecule has 7 nitrogen and oxygen atoms in total. The molecule has 0 bridgehead atoms. The lowest BCUT2D eigenvalue weighted by molar-refractivity contribution is -0.139. The molecule has 1 aromatic rings. The van der Waals surface area contributed by atoms with Crippen molar-refractivity contribution in [3.8, 4) is 11.5 Å². The first kappa shape index (κ1) is 14.8. The molecule has 1 amide bonds. The Morgan fingerprint density at radius 2 is 2.16 bits per heavy atom. The van der Waals surface area contributed by atoms with Crippen molar-refractivity contribution in [3.05, 3.63) is 23.8 Å². The van der Waals surface area contributed by atoms with E-state index in [1.807, 2.05) is 0 Å². The van der Waals surface area contributed by atoms with Crippen LogP contribution in [0, 0.1) is 0 Å². The molecule has 0 aliphatic carbocycles. The zero-order valence-corrected chi connectivity index (χ0v) is 10.5. The lowest BCUT2D eigenvalue weighted by atomic mass is 10.1. The number of carboxylic acids is 1. The highest BCUT2D eigenvalue weighted by atomic mass is 16.5. The largest absolute Gasteiger partial charge is 0.496 e. The van der Waals surface area contributed by atoms with E-state index in [1.54, 1.807) is 0 Å². The third-order valence-corrected chi connectivity index (χ3v) is 2.21. The lowest BCUT2D eigenvalue weighted by Gasteiger charge is -2.11. The predicted molar refractivity (Wildman–Crippen MR) is 67.5 cm³/mol. The van der Waals surface area contributed by atoms with E-state index in [9.17, 15) is 9.59 Å². The molecule has 0 spiro atoms. The van der Waals surface area contributed by atoms with Crippen LogP contribution in [0.2, 0.25) is 0 Å². The minimum atomic E-state index is -1.08. The van der Waals surface area contributed by atoms with Crippen LogP contribution in [0.3, 0.4) is 0 Å². The molecule has 7 heteroatoms. The highest BCUT2D eigenvalue weighted by molar-refractivity contribution is 5.97. The third-order valence-electron chi connectivity index (χ3n) is 2.21. The van der Waals surface area contributed by atoms with E-state index < -0.39 is 12.6 Å². The fourth-order valence-corrected chi connectivity index (χ4v) is 1.37. The van der Waals surface area contributed by atoms with Crippen LogP contribution in [0.4, 0.5) is 0 Å². The van der Waals surface area contributed by atoms with Gasteiger partial charge in [0, 0.05) is 19.2 Å². The summed E-state index contributed by atoms with van der Waals surface area (Å²) in [5.74, 6) is -0.775. The summed E-state index contributed by atoms with van der Waals surface area (Å²) < 4.78 is 10.1. The van der Waals surface area contributed by atoms with Crippen molar-refractivity contribution in [1.29, 1.82) is 0 Å². The minimum absolute atomic E-state index is 0.303. The Balaban J connectivity index is 2.83. The van der Waals surface area contributed by atoms with E-state index >= 15 is 0 Å². The van der Waals surface area contributed by atoms with Crippen LogP contribution < -0.4 is 20.5 Å². The Morgan fingerprint density at radius 3 is 2.74 bits per heavy atom. The van der Waals surface area contributed by atoms with E-state index in [4.69, 9.17) is 20.3 Å². The standard InChI is InChI=1S/C12H16N2O5/c1-18-10-6-8(19-7-11(15)16)2-3-9(10)12(17)14-5-4-13/h2-3,6H,4-5,7,13H2,1H3,(H,14,17)(H,15,16). The van der Waals surface area contributed by atoms with Gasteiger partial charge < -0.3 is 25.6 Å². The third kappa shape index (κ3) is 4.47. The van der Waals surface area contributed by atoms with Gasteiger partial charge in [-0.2, -0.15) is 0 Å². The average molecular weight is 268 g/mol. The fraction of sp³-hybridized carbons (Fsp3) is 0.333. The SMILES string of the molecule is COc1cc(OCC(=O)O)ccc1C(=O)NCCN. The summed E-state index contributed by atoms with van der Waals surface area (Å²) in [5, 5.41) is 11.1. The molecule has 0 heterocycles. The molecule has 0 saturated heterocycles. The molecule has 0 atom stereocenters. The molecule has 1 rings (SSSR count). The maximum absolute atomic E-state index is 11.8. The van der Waals surface area contributed by atoms with Gasteiger partial charge in [0.25, 0.3) is 5.91 Å². The van der Waals surface area contributed by atoms with Crippen LogP contribution in [-0.4, -0.2) is 43.8 Å². The second-order valence-corrected chi connectivity index (χ2v) is 3.59. The van der Waals surface area contributed by atoms with E-state index in [1.165, 1.54) is 25.3 Å². The van der Waals surface area contributed by atoms with Gasteiger partial charge in [-0.1, -0.05) is 0 Å². The van der Waals surface area contributed by atoms with Gasteiger partial charge in [0.15, 0.2) is 6.61 Å². The number of rotatable bonds is 7. The van der Waals surface area contributed by atoms with E-state index in [0.717, 1.165) is 0 Å². The minimum Gasteiger partial charge on any atom is -0.496 e. The van der Waals surface area contributed by atoms with E-state index in [-0.39, 0.29) is 5.91 Å². The molecule has 1 aromatic carbocycles. The van der Waals surface area contributed by atoms with Crippen LogP contribution in [-0.2, 0) is 4.79 Å². The second kappa shape index (κ2) is 7.22. The molecule has 0 fully saturated rings. The molecule has 0 saturated carbocycles. The van der Waals surface area contributed by atoms with Gasteiger partial charge in [-0.15, -0.1) is 0 Å². The summed E-state index contributed by atoms with van der Waals surface area (Å²) in [4.78, 5) is 22.2.